The third-order valence-corrected chi connectivity index (χ3v) is 9.02. The largest absolute Gasteiger partial charge is 1.00 e. The minimum absolute atomic E-state index is 0. The molecule has 1 aromatic heterocycles. The van der Waals surface area contributed by atoms with E-state index in [1.807, 2.05) is 28.1 Å². The summed E-state index contributed by atoms with van der Waals surface area (Å²) in [6.45, 7) is 5.50. The van der Waals surface area contributed by atoms with Crippen molar-refractivity contribution in [3.8, 4) is 0 Å². The van der Waals surface area contributed by atoms with Crippen molar-refractivity contribution in [2.45, 2.75) is 129 Å². The lowest BCUT2D eigenvalue weighted by atomic mass is 10.0. The van der Waals surface area contributed by atoms with Crippen molar-refractivity contribution in [1.29, 1.82) is 0 Å². The van der Waals surface area contributed by atoms with Gasteiger partial charge < -0.3 is 38.5 Å². The van der Waals surface area contributed by atoms with E-state index in [0.29, 0.717) is 17.4 Å². The summed E-state index contributed by atoms with van der Waals surface area (Å²) in [5.74, 6) is 0.0478. The molecule has 1 amide bonds. The molecule has 0 bridgehead atoms. The zero-order valence-electron chi connectivity index (χ0n) is 27.9. The van der Waals surface area contributed by atoms with E-state index < -0.39 is 22.2 Å². The van der Waals surface area contributed by atoms with Crippen molar-refractivity contribution < 1.29 is 46.4 Å². The Morgan fingerprint density at radius 2 is 1.40 bits per heavy atom. The van der Waals surface area contributed by atoms with Gasteiger partial charge >= 0.3 is 6.09 Å². The number of carbonyl (C=O) groups is 1. The summed E-state index contributed by atoms with van der Waals surface area (Å²) in [5, 5.41) is 10.8. The molecule has 10 nitrogen and oxygen atoms in total. The van der Waals surface area contributed by atoms with Crippen molar-refractivity contribution in [3.05, 3.63) is 11.9 Å². The number of aromatic nitrogens is 3. The van der Waals surface area contributed by atoms with Crippen molar-refractivity contribution in [3.63, 3.8) is 0 Å². The van der Waals surface area contributed by atoms with Crippen LogP contribution < -0.4 is 34.0 Å². The van der Waals surface area contributed by atoms with E-state index in [2.05, 4.69) is 27.3 Å². The molecule has 0 saturated carbocycles. The summed E-state index contributed by atoms with van der Waals surface area (Å²) in [6.07, 6.45) is 22.6. The highest BCUT2D eigenvalue weighted by Gasteiger charge is 2.21. The van der Waals surface area contributed by atoms with Crippen molar-refractivity contribution in [2.24, 2.45) is 0 Å². The van der Waals surface area contributed by atoms with E-state index in [4.69, 9.17) is 4.74 Å². The van der Waals surface area contributed by atoms with Crippen LogP contribution in [0.15, 0.2) is 6.20 Å². The summed E-state index contributed by atoms with van der Waals surface area (Å²) < 4.78 is 35.4. The summed E-state index contributed by atoms with van der Waals surface area (Å²) in [5.41, 5.74) is 0.765. The van der Waals surface area contributed by atoms with Crippen molar-refractivity contribution in [2.75, 3.05) is 53.1 Å². The number of alkyl carbamates (subject to hydrolysis) is 1. The quantitative estimate of drug-likeness (QED) is 0.0814. The fourth-order valence-electron chi connectivity index (χ4n) is 4.98. The maximum atomic E-state index is 12.5. The molecule has 0 saturated heterocycles. The molecule has 1 rings (SSSR count). The number of carbonyl (C=O) groups excluding carboxylic acids is 1. The number of sulfonamides is 1. The number of ether oxygens (including phenoxy) is 1. The first-order valence-electron chi connectivity index (χ1n) is 16.6. The molecule has 1 atom stereocenters. The number of hydrogen-bond donors (Lipinski definition) is 2. The lowest BCUT2D eigenvalue weighted by Gasteiger charge is -2.24. The molecule has 0 aromatic carbocycles. The van der Waals surface area contributed by atoms with Gasteiger partial charge in [0, 0.05) is 19.5 Å². The van der Waals surface area contributed by atoms with Crippen LogP contribution in [0.2, 0.25) is 0 Å². The number of hydrogen-bond acceptors (Lipinski definition) is 6. The molecule has 1 unspecified atom stereocenters. The van der Waals surface area contributed by atoms with Crippen molar-refractivity contribution in [1.82, 2.24) is 25.0 Å². The van der Waals surface area contributed by atoms with Crippen LogP contribution >= 0.6 is 0 Å². The number of quaternary nitrogens is 1. The second-order valence-corrected chi connectivity index (χ2v) is 14.8. The Morgan fingerprint density at radius 3 is 1.86 bits per heavy atom. The van der Waals surface area contributed by atoms with E-state index in [1.165, 1.54) is 89.9 Å². The Kier molecular flexibility index (Phi) is 24.6. The predicted molar refractivity (Wildman–Crippen MR) is 172 cm³/mol. The highest BCUT2D eigenvalue weighted by Crippen LogP contribution is 2.14. The standard InChI is InChI=1S/C31H62N6O4S.HI/c1-6-7-8-9-10-11-12-13-14-15-16-17-18-19-20-21-23-32-31(38)41-28-30(36-29(2)26-33-35-36)27-34-42(39,40)25-22-24-37(3,4)5;/h26,30,34H,6-25,27-28H2,1-5H3;1H. The molecule has 0 radical (unpaired) electrons. The molecule has 254 valence electrons. The van der Waals surface area contributed by atoms with Gasteiger partial charge in [0.1, 0.15) is 12.6 Å². The first-order chi connectivity index (χ1) is 20.0. The molecule has 0 aliphatic carbocycles. The van der Waals surface area contributed by atoms with Crippen LogP contribution in [0, 0.1) is 6.92 Å². The number of nitrogens with one attached hydrogen (secondary N) is 2. The van der Waals surface area contributed by atoms with Gasteiger partial charge in [-0.05, 0) is 13.3 Å². The van der Waals surface area contributed by atoms with E-state index >= 15 is 0 Å². The molecule has 0 aliphatic heterocycles. The minimum atomic E-state index is -3.46. The summed E-state index contributed by atoms with van der Waals surface area (Å²) >= 11 is 0. The number of aryl methyl sites for hydroxylation is 1. The summed E-state index contributed by atoms with van der Waals surface area (Å²) in [6, 6.07) is -0.484. The van der Waals surface area contributed by atoms with Gasteiger partial charge in [-0.1, -0.05) is 108 Å². The maximum absolute atomic E-state index is 12.5. The van der Waals surface area contributed by atoms with Gasteiger partial charge in [-0.15, -0.1) is 5.10 Å². The zero-order chi connectivity index (χ0) is 31.1. The smallest absolute Gasteiger partial charge is 0.407 e. The first kappa shape index (κ1) is 42.0. The highest BCUT2D eigenvalue weighted by atomic mass is 127. The predicted octanol–water partition coefficient (Wildman–Crippen LogP) is 3.14. The summed E-state index contributed by atoms with van der Waals surface area (Å²) in [4.78, 5) is 12.3. The average Bonchev–Trinajstić information content (AvgIpc) is 3.35. The fourth-order valence-corrected chi connectivity index (χ4v) is 6.08. The normalized spacial score (nSPS) is 12.6. The average molecular weight is 743 g/mol. The van der Waals surface area contributed by atoms with Gasteiger partial charge in [-0.3, -0.25) is 0 Å². The number of nitrogens with zero attached hydrogens (tertiary/aromatic N) is 4. The molecule has 0 fully saturated rings. The topological polar surface area (TPSA) is 115 Å². The molecular formula is C31H63IN6O4S. The highest BCUT2D eigenvalue weighted by molar-refractivity contribution is 7.89. The van der Waals surface area contributed by atoms with E-state index in [0.717, 1.165) is 25.1 Å². The molecule has 12 heteroatoms. The Hall–Kier alpha value is -0.990. The van der Waals surface area contributed by atoms with Crippen LogP contribution in [0.3, 0.4) is 0 Å². The number of halogens is 1. The number of unbranched alkanes of at least 4 members (excludes halogenated alkanes) is 15. The van der Waals surface area contributed by atoms with Crippen LogP contribution in [0.1, 0.15) is 128 Å². The molecule has 0 aliphatic rings. The Morgan fingerprint density at radius 1 is 0.884 bits per heavy atom. The van der Waals surface area contributed by atoms with E-state index in [-0.39, 0.29) is 42.9 Å². The third-order valence-electron chi connectivity index (χ3n) is 7.59. The van der Waals surface area contributed by atoms with E-state index in [1.54, 1.807) is 10.9 Å². The van der Waals surface area contributed by atoms with Crippen LogP contribution in [0.4, 0.5) is 4.79 Å². The second kappa shape index (κ2) is 25.2. The minimum Gasteiger partial charge on any atom is -1.00 e. The lowest BCUT2D eigenvalue weighted by Crippen LogP contribution is -3.00. The van der Waals surface area contributed by atoms with Gasteiger partial charge in [-0.25, -0.2) is 22.6 Å². The molecule has 0 spiro atoms. The second-order valence-electron chi connectivity index (χ2n) is 12.8. The first-order valence-corrected chi connectivity index (χ1v) is 18.2. The molecule has 2 N–H and O–H groups in total. The van der Waals surface area contributed by atoms with Gasteiger partial charge in [0.05, 0.1) is 45.3 Å². The molecule has 1 aromatic rings. The van der Waals surface area contributed by atoms with Crippen LogP contribution in [-0.4, -0.2) is 87.1 Å². The van der Waals surface area contributed by atoms with Crippen molar-refractivity contribution >= 4 is 16.1 Å². The maximum Gasteiger partial charge on any atom is 0.407 e. The van der Waals surface area contributed by atoms with Gasteiger partial charge in [-0.2, -0.15) is 0 Å². The Bertz CT molecular complexity index is 924. The van der Waals surface area contributed by atoms with Crippen LogP contribution in [0.5, 0.6) is 0 Å². The fraction of sp³-hybridized carbons (Fsp3) is 0.903. The van der Waals surface area contributed by atoms with Crippen LogP contribution in [-0.2, 0) is 14.8 Å². The SMILES string of the molecule is CCCCCCCCCCCCCCCCCCNC(=O)OCC(CNS(=O)(=O)CCC[N+](C)(C)C)n1nncc1C.[I-]. The molecule has 43 heavy (non-hydrogen) atoms. The molecule has 1 heterocycles. The Labute approximate surface area is 280 Å². The molecular weight excluding hydrogens is 679 g/mol. The van der Waals surface area contributed by atoms with Gasteiger partial charge in [0.25, 0.3) is 0 Å². The third kappa shape index (κ3) is 24.0. The van der Waals surface area contributed by atoms with Crippen LogP contribution in [0.25, 0.3) is 0 Å². The number of rotatable bonds is 27. The van der Waals surface area contributed by atoms with Gasteiger partial charge in [0.2, 0.25) is 10.0 Å². The van der Waals surface area contributed by atoms with Gasteiger partial charge in [0.15, 0.2) is 0 Å². The number of amides is 1. The summed E-state index contributed by atoms with van der Waals surface area (Å²) in [7, 11) is 2.64. The monoisotopic (exact) mass is 742 g/mol. The zero-order valence-corrected chi connectivity index (χ0v) is 30.9. The van der Waals surface area contributed by atoms with E-state index in [9.17, 15) is 13.2 Å². The lowest BCUT2D eigenvalue weighted by molar-refractivity contribution is -0.870. The Balaban J connectivity index is 0.0000176.